The number of aliphatic hydroxyl groups is 2. The fourth-order valence-electron chi connectivity index (χ4n) is 8.65. The summed E-state index contributed by atoms with van der Waals surface area (Å²) in [6.07, 6.45) is 13.9. The number of hydrogen-bond acceptors (Lipinski definition) is 2. The normalized spacial score (nSPS) is 47.9. The van der Waals surface area contributed by atoms with Gasteiger partial charge in [-0.2, -0.15) is 0 Å². The summed E-state index contributed by atoms with van der Waals surface area (Å²) in [5.74, 6) is 4.18. The largest absolute Gasteiger partial charge is 0.393 e. The van der Waals surface area contributed by atoms with Crippen molar-refractivity contribution in [3.05, 3.63) is 11.6 Å². The molecule has 4 rings (SSSR count). The molecule has 4 aliphatic carbocycles. The third-order valence-corrected chi connectivity index (χ3v) is 10.3. The fraction of sp³-hybridized carbons (Fsp3) is 0.926. The second-order valence-electron chi connectivity index (χ2n) is 12.3. The summed E-state index contributed by atoms with van der Waals surface area (Å²) in [4.78, 5) is 0. The van der Waals surface area contributed by atoms with Crippen LogP contribution in [0.15, 0.2) is 11.6 Å². The first kappa shape index (κ1) is 21.9. The van der Waals surface area contributed by atoms with E-state index in [-0.39, 0.29) is 17.6 Å². The monoisotopic (exact) mass is 402 g/mol. The highest BCUT2D eigenvalue weighted by Gasteiger charge is 2.61. The van der Waals surface area contributed by atoms with E-state index < -0.39 is 0 Å². The zero-order chi connectivity index (χ0) is 21.0. The molecule has 2 nitrogen and oxygen atoms in total. The highest BCUT2D eigenvalue weighted by atomic mass is 16.3. The van der Waals surface area contributed by atoms with Gasteiger partial charge in [0, 0.05) is 0 Å². The molecule has 3 fully saturated rings. The van der Waals surface area contributed by atoms with Crippen LogP contribution in [0.4, 0.5) is 0 Å². The third-order valence-electron chi connectivity index (χ3n) is 10.3. The van der Waals surface area contributed by atoms with Crippen LogP contribution in [0.25, 0.3) is 0 Å². The van der Waals surface area contributed by atoms with Gasteiger partial charge in [-0.05, 0) is 91.3 Å². The predicted octanol–water partition coefficient (Wildman–Crippen LogP) is 6.36. The lowest BCUT2D eigenvalue weighted by atomic mass is 9.46. The molecule has 2 heteroatoms. The van der Waals surface area contributed by atoms with Crippen molar-refractivity contribution in [2.24, 2.45) is 46.3 Å². The molecule has 29 heavy (non-hydrogen) atoms. The Bertz CT molecular complexity index is 624. The van der Waals surface area contributed by atoms with E-state index in [9.17, 15) is 10.2 Å². The Kier molecular flexibility index (Phi) is 6.01. The van der Waals surface area contributed by atoms with Gasteiger partial charge in [-0.1, -0.05) is 65.5 Å². The summed E-state index contributed by atoms with van der Waals surface area (Å²) in [6.45, 7) is 12.2. The van der Waals surface area contributed by atoms with Gasteiger partial charge in [0.2, 0.25) is 0 Å². The van der Waals surface area contributed by atoms with Crippen LogP contribution in [0.2, 0.25) is 0 Å². The first-order chi connectivity index (χ1) is 13.7. The Hall–Kier alpha value is -0.340. The van der Waals surface area contributed by atoms with Gasteiger partial charge in [-0.15, -0.1) is 0 Å². The van der Waals surface area contributed by atoms with Crippen LogP contribution < -0.4 is 0 Å². The van der Waals surface area contributed by atoms with Crippen molar-refractivity contribution in [3.8, 4) is 0 Å². The van der Waals surface area contributed by atoms with Gasteiger partial charge in [0.15, 0.2) is 0 Å². The van der Waals surface area contributed by atoms with Crippen molar-refractivity contribution in [2.75, 3.05) is 0 Å². The Morgan fingerprint density at radius 1 is 0.966 bits per heavy atom. The minimum atomic E-state index is -0.298. The Balaban J connectivity index is 1.54. The molecule has 0 aliphatic heterocycles. The lowest BCUT2D eigenvalue weighted by Crippen LogP contribution is -2.54. The highest BCUT2D eigenvalue weighted by molar-refractivity contribution is 5.27. The predicted molar refractivity (Wildman–Crippen MR) is 120 cm³/mol. The third kappa shape index (κ3) is 3.65. The second-order valence-corrected chi connectivity index (χ2v) is 12.3. The molecule has 0 aromatic rings. The van der Waals surface area contributed by atoms with Crippen LogP contribution in [0.5, 0.6) is 0 Å². The van der Waals surface area contributed by atoms with Crippen molar-refractivity contribution in [1.82, 2.24) is 0 Å². The molecule has 9 atom stereocenters. The first-order valence-corrected chi connectivity index (χ1v) is 12.7. The maximum atomic E-state index is 11.3. The Labute approximate surface area is 179 Å². The molecule has 8 unspecified atom stereocenters. The molecule has 0 heterocycles. The molecule has 0 amide bonds. The van der Waals surface area contributed by atoms with Crippen molar-refractivity contribution in [2.45, 2.75) is 111 Å². The number of aliphatic hydroxyl groups excluding tert-OH is 2. The minimum Gasteiger partial charge on any atom is -0.393 e. The van der Waals surface area contributed by atoms with Crippen LogP contribution in [-0.2, 0) is 0 Å². The van der Waals surface area contributed by atoms with Crippen LogP contribution in [0.1, 0.15) is 98.8 Å². The topological polar surface area (TPSA) is 40.5 Å². The zero-order valence-corrected chi connectivity index (χ0v) is 19.7. The van der Waals surface area contributed by atoms with E-state index in [1.165, 1.54) is 50.5 Å². The van der Waals surface area contributed by atoms with Gasteiger partial charge in [0.25, 0.3) is 0 Å². The molecule has 0 aromatic heterocycles. The van der Waals surface area contributed by atoms with Gasteiger partial charge >= 0.3 is 0 Å². The van der Waals surface area contributed by atoms with Crippen molar-refractivity contribution < 1.29 is 10.2 Å². The fourth-order valence-corrected chi connectivity index (χ4v) is 8.65. The van der Waals surface area contributed by atoms with Gasteiger partial charge in [0.1, 0.15) is 0 Å². The number of hydrogen-bond donors (Lipinski definition) is 2. The molecule has 2 N–H and O–H groups in total. The lowest BCUT2D eigenvalue weighted by molar-refractivity contribution is -0.0970. The average Bonchev–Trinajstić information content (AvgIpc) is 3.00. The maximum absolute atomic E-state index is 11.3. The van der Waals surface area contributed by atoms with Crippen LogP contribution in [0, 0.1) is 46.3 Å². The summed E-state index contributed by atoms with van der Waals surface area (Å²) in [7, 11) is 0. The highest BCUT2D eigenvalue weighted by Crippen LogP contribution is 2.67. The molecule has 0 bridgehead atoms. The molecule has 166 valence electrons. The number of fused-ring (bicyclic) bond motifs is 5. The molecular weight excluding hydrogens is 356 g/mol. The molecule has 0 radical (unpaired) electrons. The molecule has 0 saturated heterocycles. The standard InChI is InChI=1S/C27H46O2/c1-17(2)7-6-8-18(3)21-9-10-22-25-23(12-14-27(21,22)5)26(4)13-11-20(28)15-19(26)16-24(25)29/h16-18,20-25,28-29H,6-15H2,1-5H3/t18?,20-,21?,22?,23?,24?,25?,26?,27?/m0/s1. The van der Waals surface area contributed by atoms with Crippen molar-refractivity contribution in [3.63, 3.8) is 0 Å². The van der Waals surface area contributed by atoms with Gasteiger partial charge in [0.05, 0.1) is 12.2 Å². The minimum absolute atomic E-state index is 0.200. The Morgan fingerprint density at radius 3 is 2.45 bits per heavy atom. The van der Waals surface area contributed by atoms with Crippen LogP contribution in [-0.4, -0.2) is 22.4 Å². The summed E-state index contributed by atoms with van der Waals surface area (Å²) in [6, 6.07) is 0. The van der Waals surface area contributed by atoms with Crippen molar-refractivity contribution in [1.29, 1.82) is 0 Å². The SMILES string of the molecule is CC(C)CCCC(C)C1CCC2C3C(O)C=C4C[C@@H](O)CCC4(C)C3CCC12C. The molecule has 0 spiro atoms. The van der Waals surface area contributed by atoms with E-state index in [4.69, 9.17) is 0 Å². The van der Waals surface area contributed by atoms with Gasteiger partial charge < -0.3 is 10.2 Å². The molecular formula is C27H46O2. The average molecular weight is 403 g/mol. The van der Waals surface area contributed by atoms with Crippen LogP contribution in [0.3, 0.4) is 0 Å². The zero-order valence-electron chi connectivity index (χ0n) is 19.7. The molecule has 3 saturated carbocycles. The van der Waals surface area contributed by atoms with E-state index in [0.717, 1.165) is 37.0 Å². The van der Waals surface area contributed by atoms with E-state index in [2.05, 4.69) is 40.7 Å². The van der Waals surface area contributed by atoms with E-state index in [1.807, 2.05) is 0 Å². The maximum Gasteiger partial charge on any atom is 0.0757 e. The smallest absolute Gasteiger partial charge is 0.0757 e. The second kappa shape index (κ2) is 7.97. The summed E-state index contributed by atoms with van der Waals surface area (Å²) >= 11 is 0. The summed E-state index contributed by atoms with van der Waals surface area (Å²) in [5.41, 5.74) is 1.99. The van der Waals surface area contributed by atoms with Gasteiger partial charge in [-0.3, -0.25) is 0 Å². The molecule has 4 aliphatic rings. The van der Waals surface area contributed by atoms with E-state index >= 15 is 0 Å². The van der Waals surface area contributed by atoms with Gasteiger partial charge in [-0.25, -0.2) is 0 Å². The van der Waals surface area contributed by atoms with Crippen molar-refractivity contribution >= 4 is 0 Å². The summed E-state index contributed by atoms with van der Waals surface area (Å²) in [5, 5.41) is 21.5. The Morgan fingerprint density at radius 2 is 1.72 bits per heavy atom. The van der Waals surface area contributed by atoms with E-state index in [0.29, 0.717) is 23.2 Å². The quantitative estimate of drug-likeness (QED) is 0.525. The summed E-state index contributed by atoms with van der Waals surface area (Å²) < 4.78 is 0. The molecule has 0 aromatic carbocycles. The number of rotatable bonds is 5. The lowest BCUT2D eigenvalue weighted by Gasteiger charge is -2.59. The van der Waals surface area contributed by atoms with E-state index in [1.54, 1.807) is 0 Å². The van der Waals surface area contributed by atoms with Crippen LogP contribution >= 0.6 is 0 Å². The first-order valence-electron chi connectivity index (χ1n) is 12.7.